The number of nitrogens with zero attached hydrogens (tertiary/aromatic N) is 1. The van der Waals surface area contributed by atoms with Gasteiger partial charge >= 0.3 is 0 Å². The summed E-state index contributed by atoms with van der Waals surface area (Å²) in [6.45, 7) is 2.91. The SMILES string of the molecule is COc1cc(C)ccc1OCC(=O)Nc1ccc2c(c1)CN(C(=O)c1ccco1)CC2. The second kappa shape index (κ2) is 8.95. The van der Waals surface area contributed by atoms with Crippen LogP contribution in [0.3, 0.4) is 0 Å². The van der Waals surface area contributed by atoms with Crippen molar-refractivity contribution in [1.82, 2.24) is 4.90 Å². The molecule has 1 aromatic heterocycles. The number of aryl methyl sites for hydroxylation is 1. The quantitative estimate of drug-likeness (QED) is 0.656. The largest absolute Gasteiger partial charge is 0.493 e. The van der Waals surface area contributed by atoms with Crippen LogP contribution < -0.4 is 14.8 Å². The van der Waals surface area contributed by atoms with Crippen LogP contribution in [0.2, 0.25) is 0 Å². The van der Waals surface area contributed by atoms with Crippen molar-refractivity contribution in [1.29, 1.82) is 0 Å². The molecule has 1 aliphatic rings. The first-order chi connectivity index (χ1) is 15.0. The van der Waals surface area contributed by atoms with Gasteiger partial charge in [-0.3, -0.25) is 9.59 Å². The normalized spacial score (nSPS) is 12.8. The number of amides is 2. The summed E-state index contributed by atoms with van der Waals surface area (Å²) in [7, 11) is 1.56. The Hall–Kier alpha value is -3.74. The number of nitrogens with one attached hydrogen (secondary N) is 1. The van der Waals surface area contributed by atoms with Crippen molar-refractivity contribution in [3.05, 3.63) is 77.2 Å². The number of furan rings is 1. The number of carbonyl (C=O) groups is 2. The molecule has 0 saturated carbocycles. The van der Waals surface area contributed by atoms with Crippen LogP contribution in [-0.2, 0) is 17.8 Å². The highest BCUT2D eigenvalue weighted by atomic mass is 16.5. The van der Waals surface area contributed by atoms with Gasteiger partial charge in [0.2, 0.25) is 0 Å². The molecular weight excluding hydrogens is 396 g/mol. The summed E-state index contributed by atoms with van der Waals surface area (Å²) in [6, 6.07) is 14.7. The Morgan fingerprint density at radius 2 is 1.97 bits per heavy atom. The summed E-state index contributed by atoms with van der Waals surface area (Å²) in [6.07, 6.45) is 2.25. The zero-order chi connectivity index (χ0) is 21.8. The predicted octanol–water partition coefficient (Wildman–Crippen LogP) is 3.81. The van der Waals surface area contributed by atoms with Crippen LogP contribution in [-0.4, -0.2) is 37.0 Å². The Balaban J connectivity index is 1.38. The van der Waals surface area contributed by atoms with Crippen molar-refractivity contribution in [2.45, 2.75) is 19.9 Å². The van der Waals surface area contributed by atoms with Gasteiger partial charge in [0.15, 0.2) is 23.9 Å². The first kappa shape index (κ1) is 20.5. The lowest BCUT2D eigenvalue weighted by molar-refractivity contribution is -0.118. The van der Waals surface area contributed by atoms with Crippen molar-refractivity contribution in [3.63, 3.8) is 0 Å². The third-order valence-corrected chi connectivity index (χ3v) is 5.20. The zero-order valence-electron chi connectivity index (χ0n) is 17.5. The number of ether oxygens (including phenoxy) is 2. The lowest BCUT2D eigenvalue weighted by Gasteiger charge is -2.28. The van der Waals surface area contributed by atoms with E-state index in [0.29, 0.717) is 36.0 Å². The molecule has 4 rings (SSSR count). The third kappa shape index (κ3) is 4.71. The fourth-order valence-corrected chi connectivity index (χ4v) is 3.60. The summed E-state index contributed by atoms with van der Waals surface area (Å²) in [4.78, 5) is 26.7. The predicted molar refractivity (Wildman–Crippen MR) is 115 cm³/mol. The van der Waals surface area contributed by atoms with Crippen LogP contribution in [0.5, 0.6) is 11.5 Å². The molecule has 0 spiro atoms. The van der Waals surface area contributed by atoms with E-state index in [1.165, 1.54) is 11.8 Å². The fourth-order valence-electron chi connectivity index (χ4n) is 3.60. The van der Waals surface area contributed by atoms with Gasteiger partial charge in [0.05, 0.1) is 13.4 Å². The number of hydrogen-bond acceptors (Lipinski definition) is 5. The van der Waals surface area contributed by atoms with Gasteiger partial charge in [-0.25, -0.2) is 0 Å². The molecule has 2 heterocycles. The minimum Gasteiger partial charge on any atom is -0.493 e. The Morgan fingerprint density at radius 3 is 2.74 bits per heavy atom. The summed E-state index contributed by atoms with van der Waals surface area (Å²) in [5.74, 6) is 1.02. The minimum absolute atomic E-state index is 0.134. The van der Waals surface area contributed by atoms with E-state index < -0.39 is 0 Å². The molecule has 7 nitrogen and oxygen atoms in total. The molecule has 1 N–H and O–H groups in total. The standard InChI is InChI=1S/C24H24N2O5/c1-16-5-8-20(22(12-16)29-2)31-15-23(27)25-19-7-6-17-9-10-26(14-18(17)13-19)24(28)21-4-3-11-30-21/h3-8,11-13H,9-10,14-15H2,1-2H3,(H,25,27). The van der Waals surface area contributed by atoms with E-state index in [9.17, 15) is 9.59 Å². The smallest absolute Gasteiger partial charge is 0.289 e. The monoisotopic (exact) mass is 420 g/mol. The van der Waals surface area contributed by atoms with E-state index in [4.69, 9.17) is 13.9 Å². The zero-order valence-corrected chi connectivity index (χ0v) is 17.5. The lowest BCUT2D eigenvalue weighted by atomic mass is 9.99. The Labute approximate surface area is 180 Å². The third-order valence-electron chi connectivity index (χ3n) is 5.20. The van der Waals surface area contributed by atoms with Crippen LogP contribution in [0.4, 0.5) is 5.69 Å². The van der Waals surface area contributed by atoms with E-state index in [2.05, 4.69) is 5.32 Å². The van der Waals surface area contributed by atoms with Crippen LogP contribution in [0.1, 0.15) is 27.2 Å². The molecule has 3 aromatic rings. The number of carbonyl (C=O) groups excluding carboxylic acids is 2. The van der Waals surface area contributed by atoms with Gasteiger partial charge < -0.3 is 24.1 Å². The molecule has 0 unspecified atom stereocenters. The highest BCUT2D eigenvalue weighted by molar-refractivity contribution is 5.93. The Bertz CT molecular complexity index is 1090. The van der Waals surface area contributed by atoms with Gasteiger partial charge in [-0.15, -0.1) is 0 Å². The highest BCUT2D eigenvalue weighted by Crippen LogP contribution is 2.28. The number of fused-ring (bicyclic) bond motifs is 1. The molecule has 31 heavy (non-hydrogen) atoms. The van der Waals surface area contributed by atoms with Crippen molar-refractivity contribution in [3.8, 4) is 11.5 Å². The van der Waals surface area contributed by atoms with Gasteiger partial charge in [0.25, 0.3) is 11.8 Å². The van der Waals surface area contributed by atoms with Crippen molar-refractivity contribution < 1.29 is 23.5 Å². The van der Waals surface area contributed by atoms with Crippen molar-refractivity contribution >= 4 is 17.5 Å². The number of rotatable bonds is 6. The van der Waals surface area contributed by atoms with E-state index >= 15 is 0 Å². The van der Waals surface area contributed by atoms with Crippen LogP contribution in [0, 0.1) is 6.92 Å². The number of methoxy groups -OCH3 is 1. The average molecular weight is 420 g/mol. The van der Waals surface area contributed by atoms with Gasteiger partial charge in [0.1, 0.15) is 0 Å². The molecule has 0 fully saturated rings. The van der Waals surface area contributed by atoms with Gasteiger partial charge in [-0.1, -0.05) is 12.1 Å². The maximum atomic E-state index is 12.6. The molecule has 160 valence electrons. The summed E-state index contributed by atoms with van der Waals surface area (Å²) >= 11 is 0. The summed E-state index contributed by atoms with van der Waals surface area (Å²) < 4.78 is 16.1. The maximum Gasteiger partial charge on any atom is 0.289 e. The molecule has 0 radical (unpaired) electrons. The van der Waals surface area contributed by atoms with E-state index in [0.717, 1.165) is 17.5 Å². The molecule has 0 saturated heterocycles. The topological polar surface area (TPSA) is 81.0 Å². The number of hydrogen-bond donors (Lipinski definition) is 1. The van der Waals surface area contributed by atoms with E-state index in [-0.39, 0.29) is 18.4 Å². The molecule has 0 bridgehead atoms. The first-order valence-corrected chi connectivity index (χ1v) is 10.1. The number of benzene rings is 2. The highest BCUT2D eigenvalue weighted by Gasteiger charge is 2.23. The molecule has 7 heteroatoms. The first-order valence-electron chi connectivity index (χ1n) is 10.1. The lowest BCUT2D eigenvalue weighted by Crippen LogP contribution is -2.35. The minimum atomic E-state index is -0.276. The molecule has 2 amide bonds. The summed E-state index contributed by atoms with van der Waals surface area (Å²) in [5.41, 5.74) is 3.88. The van der Waals surface area contributed by atoms with Crippen LogP contribution >= 0.6 is 0 Å². The molecule has 0 atom stereocenters. The second-order valence-corrected chi connectivity index (χ2v) is 7.43. The van der Waals surface area contributed by atoms with Crippen LogP contribution in [0.15, 0.2) is 59.2 Å². The van der Waals surface area contributed by atoms with E-state index in [1.807, 2.05) is 37.3 Å². The maximum absolute atomic E-state index is 12.6. The van der Waals surface area contributed by atoms with Gasteiger partial charge in [0, 0.05) is 18.8 Å². The van der Waals surface area contributed by atoms with Gasteiger partial charge in [-0.2, -0.15) is 0 Å². The molecular formula is C24H24N2O5. The summed E-state index contributed by atoms with van der Waals surface area (Å²) in [5, 5.41) is 2.86. The Kier molecular flexibility index (Phi) is 5.93. The molecule has 2 aromatic carbocycles. The van der Waals surface area contributed by atoms with E-state index in [1.54, 1.807) is 30.2 Å². The van der Waals surface area contributed by atoms with Crippen LogP contribution in [0.25, 0.3) is 0 Å². The van der Waals surface area contributed by atoms with Gasteiger partial charge in [-0.05, 0) is 66.4 Å². The fraction of sp³-hybridized carbons (Fsp3) is 0.250. The number of anilines is 1. The molecule has 0 aliphatic carbocycles. The second-order valence-electron chi connectivity index (χ2n) is 7.43. The average Bonchev–Trinajstić information content (AvgIpc) is 3.32. The Morgan fingerprint density at radius 1 is 1.10 bits per heavy atom. The molecule has 1 aliphatic heterocycles. The van der Waals surface area contributed by atoms with Crippen molar-refractivity contribution in [2.75, 3.05) is 25.6 Å². The van der Waals surface area contributed by atoms with Crippen molar-refractivity contribution in [2.24, 2.45) is 0 Å².